The number of hydrogen-bond donors (Lipinski definition) is 1. The van der Waals surface area contributed by atoms with Crippen molar-refractivity contribution in [2.24, 2.45) is 0 Å². The van der Waals surface area contributed by atoms with Crippen LogP contribution in [0.5, 0.6) is 5.75 Å². The molecule has 3 rings (SSSR count). The number of H-pyrrole nitrogens is 1. The Labute approximate surface area is 109 Å². The third-order valence-electron chi connectivity index (χ3n) is 2.70. The number of aromatic amines is 1. The van der Waals surface area contributed by atoms with Crippen LogP contribution < -0.4 is 4.74 Å². The van der Waals surface area contributed by atoms with E-state index in [0.717, 1.165) is 17.8 Å². The van der Waals surface area contributed by atoms with Crippen molar-refractivity contribution in [3.8, 4) is 5.75 Å². The summed E-state index contributed by atoms with van der Waals surface area (Å²) < 4.78 is 18.6. The topological polar surface area (TPSA) is 50.8 Å². The zero-order valence-electron chi connectivity index (χ0n) is 10.1. The molecule has 5 heteroatoms. The van der Waals surface area contributed by atoms with Gasteiger partial charge in [-0.25, -0.2) is 14.4 Å². The Morgan fingerprint density at radius 2 is 2.05 bits per heavy atom. The van der Waals surface area contributed by atoms with E-state index < -0.39 is 0 Å². The lowest BCUT2D eigenvalue weighted by molar-refractivity contribution is 0.319. The maximum atomic E-state index is 13.0. The molecule has 0 atom stereocenters. The van der Waals surface area contributed by atoms with E-state index in [1.165, 1.54) is 6.07 Å². The van der Waals surface area contributed by atoms with Crippen LogP contribution >= 0.6 is 0 Å². The van der Waals surface area contributed by atoms with Gasteiger partial charge in [0.2, 0.25) is 0 Å². The molecule has 19 heavy (non-hydrogen) atoms. The van der Waals surface area contributed by atoms with Gasteiger partial charge in [-0.1, -0.05) is 18.2 Å². The molecule has 0 unspecified atom stereocenters. The molecule has 1 N–H and O–H groups in total. The molecule has 2 aromatic heterocycles. The highest BCUT2D eigenvalue weighted by Crippen LogP contribution is 2.12. The van der Waals surface area contributed by atoms with Crippen molar-refractivity contribution in [1.29, 1.82) is 0 Å². The Balaban J connectivity index is 1.65. The molecule has 0 aliphatic heterocycles. The highest BCUT2D eigenvalue weighted by atomic mass is 19.1. The lowest BCUT2D eigenvalue weighted by Gasteiger charge is -2.03. The highest BCUT2D eigenvalue weighted by Gasteiger charge is 2.05. The Bertz CT molecular complexity index is 681. The van der Waals surface area contributed by atoms with Gasteiger partial charge in [-0.15, -0.1) is 0 Å². The van der Waals surface area contributed by atoms with Crippen molar-refractivity contribution in [3.05, 3.63) is 54.2 Å². The molecule has 3 aromatic rings. The van der Waals surface area contributed by atoms with E-state index in [1.807, 2.05) is 30.3 Å². The second-order valence-corrected chi connectivity index (χ2v) is 4.12. The van der Waals surface area contributed by atoms with Crippen molar-refractivity contribution >= 4 is 11.2 Å². The van der Waals surface area contributed by atoms with Gasteiger partial charge in [-0.05, 0) is 12.1 Å². The van der Waals surface area contributed by atoms with Crippen LogP contribution in [0.15, 0.2) is 42.6 Å². The third kappa shape index (κ3) is 2.70. The van der Waals surface area contributed by atoms with Crippen LogP contribution in [-0.2, 0) is 6.42 Å². The Morgan fingerprint density at radius 3 is 2.89 bits per heavy atom. The molecule has 0 bridgehead atoms. The van der Waals surface area contributed by atoms with Crippen LogP contribution in [0.2, 0.25) is 0 Å². The average Bonchev–Trinajstić information content (AvgIpc) is 2.82. The number of aromatic nitrogens is 3. The molecule has 0 spiro atoms. The second kappa shape index (κ2) is 5.06. The van der Waals surface area contributed by atoms with Crippen molar-refractivity contribution in [3.63, 3.8) is 0 Å². The summed E-state index contributed by atoms with van der Waals surface area (Å²) in [6, 6.07) is 11.0. The molecule has 0 amide bonds. The van der Waals surface area contributed by atoms with Gasteiger partial charge in [0.25, 0.3) is 0 Å². The lowest BCUT2D eigenvalue weighted by atomic mass is 10.3. The number of imidazole rings is 1. The van der Waals surface area contributed by atoms with Crippen LogP contribution in [-0.4, -0.2) is 21.6 Å². The van der Waals surface area contributed by atoms with Gasteiger partial charge in [0.1, 0.15) is 17.4 Å². The largest absolute Gasteiger partial charge is 0.493 e. The number of halogens is 1. The van der Waals surface area contributed by atoms with Crippen molar-refractivity contribution in [2.75, 3.05) is 6.61 Å². The van der Waals surface area contributed by atoms with Gasteiger partial charge in [-0.3, -0.25) is 0 Å². The summed E-state index contributed by atoms with van der Waals surface area (Å²) in [5, 5.41) is 0. The van der Waals surface area contributed by atoms with E-state index in [0.29, 0.717) is 24.2 Å². The van der Waals surface area contributed by atoms with Gasteiger partial charge in [-0.2, -0.15) is 0 Å². The maximum Gasteiger partial charge on any atom is 0.177 e. The van der Waals surface area contributed by atoms with Gasteiger partial charge in [0, 0.05) is 12.5 Å². The first-order chi connectivity index (χ1) is 9.31. The zero-order valence-corrected chi connectivity index (χ0v) is 10.1. The summed E-state index contributed by atoms with van der Waals surface area (Å²) in [7, 11) is 0. The van der Waals surface area contributed by atoms with E-state index in [4.69, 9.17) is 4.74 Å². The first kappa shape index (κ1) is 11.6. The summed E-state index contributed by atoms with van der Waals surface area (Å²) in [6.07, 6.45) is 1.78. The van der Waals surface area contributed by atoms with Crippen molar-refractivity contribution in [1.82, 2.24) is 15.0 Å². The normalized spacial score (nSPS) is 10.8. The maximum absolute atomic E-state index is 13.0. The summed E-state index contributed by atoms with van der Waals surface area (Å²) in [5.41, 5.74) is 1.13. The molecular weight excluding hydrogens is 245 g/mol. The fourth-order valence-electron chi connectivity index (χ4n) is 1.83. The molecule has 4 nitrogen and oxygen atoms in total. The molecule has 1 aromatic carbocycles. The monoisotopic (exact) mass is 257 g/mol. The molecule has 0 saturated heterocycles. The van der Waals surface area contributed by atoms with E-state index in [-0.39, 0.29) is 5.82 Å². The first-order valence-corrected chi connectivity index (χ1v) is 5.99. The van der Waals surface area contributed by atoms with E-state index >= 15 is 0 Å². The third-order valence-corrected chi connectivity index (χ3v) is 2.70. The summed E-state index contributed by atoms with van der Waals surface area (Å²) in [4.78, 5) is 11.2. The Kier molecular flexibility index (Phi) is 3.10. The first-order valence-electron chi connectivity index (χ1n) is 5.99. The molecule has 0 radical (unpaired) electrons. The van der Waals surface area contributed by atoms with Gasteiger partial charge in [0.05, 0.1) is 18.3 Å². The number of nitrogens with zero attached hydrogens (tertiary/aromatic N) is 2. The molecule has 0 aliphatic rings. The zero-order chi connectivity index (χ0) is 13.1. The number of nitrogens with one attached hydrogen (secondary N) is 1. The van der Waals surface area contributed by atoms with Crippen LogP contribution in [0.25, 0.3) is 11.2 Å². The smallest absolute Gasteiger partial charge is 0.177 e. The predicted octanol–water partition coefficient (Wildman–Crippen LogP) is 2.72. The molecule has 0 aliphatic carbocycles. The van der Waals surface area contributed by atoms with E-state index in [9.17, 15) is 4.39 Å². The molecule has 2 heterocycles. The molecule has 0 fully saturated rings. The molecule has 96 valence electrons. The van der Waals surface area contributed by atoms with E-state index in [2.05, 4.69) is 15.0 Å². The lowest BCUT2D eigenvalue weighted by Crippen LogP contribution is -2.02. The standard InChI is InChI=1S/C14H12FN3O/c15-10-8-12-14(16-9-10)18-13(17-12)6-7-19-11-4-2-1-3-5-11/h1-5,8-9H,6-7H2,(H,16,17,18). The van der Waals surface area contributed by atoms with Gasteiger partial charge in [0.15, 0.2) is 5.65 Å². The molecular formula is C14H12FN3O. The summed E-state index contributed by atoms with van der Waals surface area (Å²) in [6.45, 7) is 0.506. The number of fused-ring (bicyclic) bond motifs is 1. The second-order valence-electron chi connectivity index (χ2n) is 4.12. The average molecular weight is 257 g/mol. The van der Waals surface area contributed by atoms with Crippen LogP contribution in [0.1, 0.15) is 5.82 Å². The van der Waals surface area contributed by atoms with Crippen LogP contribution in [0, 0.1) is 5.82 Å². The quantitative estimate of drug-likeness (QED) is 0.781. The number of rotatable bonds is 4. The highest BCUT2D eigenvalue weighted by molar-refractivity contribution is 5.70. The minimum atomic E-state index is -0.372. The Morgan fingerprint density at radius 1 is 1.21 bits per heavy atom. The minimum absolute atomic E-state index is 0.372. The predicted molar refractivity (Wildman–Crippen MR) is 69.5 cm³/mol. The van der Waals surface area contributed by atoms with Crippen LogP contribution in [0.3, 0.4) is 0 Å². The number of benzene rings is 1. The summed E-state index contributed by atoms with van der Waals surface area (Å²) in [5.74, 6) is 1.19. The SMILES string of the molecule is Fc1cnc2nc(CCOc3ccccc3)[nH]c2c1. The number of pyridine rings is 1. The number of para-hydroxylation sites is 1. The molecule has 0 saturated carbocycles. The minimum Gasteiger partial charge on any atom is -0.493 e. The van der Waals surface area contributed by atoms with Crippen LogP contribution in [0.4, 0.5) is 4.39 Å². The van der Waals surface area contributed by atoms with Crippen molar-refractivity contribution in [2.45, 2.75) is 6.42 Å². The Hall–Kier alpha value is -2.43. The van der Waals surface area contributed by atoms with Gasteiger partial charge >= 0.3 is 0 Å². The fraction of sp³-hybridized carbons (Fsp3) is 0.143. The summed E-state index contributed by atoms with van der Waals surface area (Å²) >= 11 is 0. The van der Waals surface area contributed by atoms with E-state index in [1.54, 1.807) is 0 Å². The van der Waals surface area contributed by atoms with Crippen molar-refractivity contribution < 1.29 is 9.13 Å². The number of ether oxygens (including phenoxy) is 1. The number of hydrogen-bond acceptors (Lipinski definition) is 3. The fourth-order valence-corrected chi connectivity index (χ4v) is 1.83. The van der Waals surface area contributed by atoms with Gasteiger partial charge < -0.3 is 9.72 Å².